The summed E-state index contributed by atoms with van der Waals surface area (Å²) in [6.07, 6.45) is 0. The number of benzene rings is 1. The minimum Gasteiger partial charge on any atom is -0.361 e. The molecule has 1 aromatic heterocycles. The van der Waals surface area contributed by atoms with E-state index in [4.69, 9.17) is 4.52 Å². The van der Waals surface area contributed by atoms with Crippen LogP contribution in [0.1, 0.15) is 18.4 Å². The van der Waals surface area contributed by atoms with Crippen molar-refractivity contribution in [3.63, 3.8) is 0 Å². The van der Waals surface area contributed by atoms with Crippen molar-refractivity contribution in [3.8, 4) is 0 Å². The molecule has 2 aromatic rings. The molecule has 0 saturated carbocycles. The lowest BCUT2D eigenvalue weighted by Gasteiger charge is -2.34. The van der Waals surface area contributed by atoms with Gasteiger partial charge in [0.2, 0.25) is 5.91 Å². The molecule has 3 rings (SSSR count). The maximum Gasteiger partial charge on any atom is 0.321 e. The van der Waals surface area contributed by atoms with Crippen LogP contribution in [0, 0.1) is 6.92 Å². The van der Waals surface area contributed by atoms with Crippen molar-refractivity contribution >= 4 is 23.3 Å². The van der Waals surface area contributed by atoms with E-state index in [1.807, 2.05) is 13.0 Å². The van der Waals surface area contributed by atoms with E-state index in [1.165, 1.54) is 6.92 Å². The average Bonchev–Trinajstić information content (AvgIpc) is 3.01. The van der Waals surface area contributed by atoms with Gasteiger partial charge in [0.15, 0.2) is 0 Å². The zero-order valence-corrected chi connectivity index (χ0v) is 15.0. The van der Waals surface area contributed by atoms with Crippen LogP contribution in [0.2, 0.25) is 0 Å². The van der Waals surface area contributed by atoms with Gasteiger partial charge in [0.25, 0.3) is 0 Å². The highest BCUT2D eigenvalue weighted by molar-refractivity contribution is 5.91. The van der Waals surface area contributed by atoms with Gasteiger partial charge in [-0.05, 0) is 31.2 Å². The van der Waals surface area contributed by atoms with E-state index >= 15 is 0 Å². The van der Waals surface area contributed by atoms with Gasteiger partial charge >= 0.3 is 6.03 Å². The van der Waals surface area contributed by atoms with E-state index in [1.54, 1.807) is 29.2 Å². The molecule has 0 atom stereocenters. The lowest BCUT2D eigenvalue weighted by atomic mass is 10.2. The summed E-state index contributed by atoms with van der Waals surface area (Å²) in [6.45, 7) is 6.97. The third-order valence-corrected chi connectivity index (χ3v) is 4.18. The molecule has 8 nitrogen and oxygen atoms in total. The summed E-state index contributed by atoms with van der Waals surface area (Å²) in [5.41, 5.74) is 2.32. The minimum absolute atomic E-state index is 0.116. The van der Waals surface area contributed by atoms with Crippen LogP contribution < -0.4 is 10.6 Å². The van der Waals surface area contributed by atoms with E-state index in [2.05, 4.69) is 20.7 Å². The molecule has 26 heavy (non-hydrogen) atoms. The van der Waals surface area contributed by atoms with Crippen LogP contribution in [0.25, 0.3) is 0 Å². The molecule has 0 spiro atoms. The molecule has 3 amide bonds. The Morgan fingerprint density at radius 3 is 2.23 bits per heavy atom. The number of piperazine rings is 1. The second kappa shape index (κ2) is 8.01. The monoisotopic (exact) mass is 357 g/mol. The molecule has 2 N–H and O–H groups in total. The first-order valence-corrected chi connectivity index (χ1v) is 8.58. The molecule has 8 heteroatoms. The van der Waals surface area contributed by atoms with Gasteiger partial charge in [0, 0.05) is 57.1 Å². The molecule has 0 unspecified atom stereocenters. The van der Waals surface area contributed by atoms with Gasteiger partial charge in [-0.2, -0.15) is 0 Å². The van der Waals surface area contributed by atoms with Gasteiger partial charge in [-0.25, -0.2) is 4.79 Å². The van der Waals surface area contributed by atoms with Crippen LogP contribution in [0.5, 0.6) is 0 Å². The summed E-state index contributed by atoms with van der Waals surface area (Å²) in [7, 11) is 0. The highest BCUT2D eigenvalue weighted by atomic mass is 16.5. The van der Waals surface area contributed by atoms with Crippen molar-refractivity contribution in [2.75, 3.05) is 36.8 Å². The number of carbonyl (C=O) groups is 2. The molecule has 138 valence electrons. The van der Waals surface area contributed by atoms with E-state index in [9.17, 15) is 9.59 Å². The molecule has 1 aromatic carbocycles. The van der Waals surface area contributed by atoms with E-state index in [0.29, 0.717) is 24.5 Å². The van der Waals surface area contributed by atoms with Crippen molar-refractivity contribution in [1.29, 1.82) is 0 Å². The Balaban J connectivity index is 1.46. The zero-order chi connectivity index (χ0) is 18.5. The Morgan fingerprint density at radius 2 is 1.69 bits per heavy atom. The molecule has 1 saturated heterocycles. The fourth-order valence-electron chi connectivity index (χ4n) is 2.87. The number of amides is 3. The number of nitrogens with one attached hydrogen (secondary N) is 2. The van der Waals surface area contributed by atoms with Crippen LogP contribution in [-0.4, -0.2) is 53.1 Å². The number of rotatable bonds is 4. The van der Waals surface area contributed by atoms with Crippen LogP contribution in [0.15, 0.2) is 34.9 Å². The van der Waals surface area contributed by atoms with E-state index in [-0.39, 0.29) is 11.9 Å². The molecule has 0 bridgehead atoms. The Bertz CT molecular complexity index is 763. The molecular formula is C18H23N5O3. The van der Waals surface area contributed by atoms with Gasteiger partial charge in [0.05, 0.1) is 5.69 Å². The number of carbonyl (C=O) groups excluding carboxylic acids is 2. The number of urea groups is 1. The van der Waals surface area contributed by atoms with Crippen molar-refractivity contribution in [2.24, 2.45) is 0 Å². The number of hydrogen-bond donors (Lipinski definition) is 2. The fraction of sp³-hybridized carbons (Fsp3) is 0.389. The van der Waals surface area contributed by atoms with Crippen molar-refractivity contribution in [1.82, 2.24) is 15.0 Å². The van der Waals surface area contributed by atoms with Crippen molar-refractivity contribution in [2.45, 2.75) is 20.4 Å². The number of aromatic nitrogens is 1. The first-order valence-electron chi connectivity index (χ1n) is 8.58. The molecule has 1 aliphatic heterocycles. The first kappa shape index (κ1) is 17.9. The molecule has 0 aliphatic carbocycles. The Labute approximate surface area is 152 Å². The number of anilines is 2. The molecule has 1 aliphatic rings. The van der Waals surface area contributed by atoms with Crippen LogP contribution >= 0.6 is 0 Å². The highest BCUT2D eigenvalue weighted by Gasteiger charge is 2.21. The topological polar surface area (TPSA) is 90.7 Å². The van der Waals surface area contributed by atoms with Crippen molar-refractivity contribution < 1.29 is 14.1 Å². The Morgan fingerprint density at radius 1 is 1.08 bits per heavy atom. The third-order valence-electron chi connectivity index (χ3n) is 4.18. The van der Waals surface area contributed by atoms with Gasteiger partial charge in [-0.3, -0.25) is 9.69 Å². The van der Waals surface area contributed by atoms with Gasteiger partial charge in [-0.1, -0.05) is 5.16 Å². The van der Waals surface area contributed by atoms with Crippen LogP contribution in [0.4, 0.5) is 16.2 Å². The summed E-state index contributed by atoms with van der Waals surface area (Å²) < 4.78 is 5.09. The number of nitrogens with zero attached hydrogens (tertiary/aromatic N) is 3. The second-order valence-corrected chi connectivity index (χ2v) is 6.38. The average molecular weight is 357 g/mol. The zero-order valence-electron chi connectivity index (χ0n) is 15.0. The van der Waals surface area contributed by atoms with E-state index in [0.717, 1.165) is 31.1 Å². The normalized spacial score (nSPS) is 14.9. The standard InChI is InChI=1S/C18H23N5O3/c1-13-11-17(21-26-13)12-22-7-9-23(10-8-22)18(25)20-16-5-3-15(4-6-16)19-14(2)24/h3-6,11H,7-10,12H2,1-2H3,(H,19,24)(H,20,25). The SMILES string of the molecule is CC(=O)Nc1ccc(NC(=O)N2CCN(Cc3cc(C)on3)CC2)cc1. The maximum atomic E-state index is 12.4. The van der Waals surface area contributed by atoms with Gasteiger partial charge in [0.1, 0.15) is 5.76 Å². The molecule has 2 heterocycles. The predicted octanol–water partition coefficient (Wildman–Crippen LogP) is 2.29. The highest BCUT2D eigenvalue weighted by Crippen LogP contribution is 2.15. The van der Waals surface area contributed by atoms with E-state index < -0.39 is 0 Å². The quantitative estimate of drug-likeness (QED) is 0.876. The summed E-state index contributed by atoms with van der Waals surface area (Å²) in [5, 5.41) is 9.59. The lowest BCUT2D eigenvalue weighted by Crippen LogP contribution is -2.49. The summed E-state index contributed by atoms with van der Waals surface area (Å²) in [5.74, 6) is 0.683. The summed E-state index contributed by atoms with van der Waals surface area (Å²) in [4.78, 5) is 27.5. The summed E-state index contributed by atoms with van der Waals surface area (Å²) in [6, 6.07) is 8.88. The third kappa shape index (κ3) is 4.82. The molecule has 0 radical (unpaired) electrons. The fourth-order valence-corrected chi connectivity index (χ4v) is 2.87. The Kier molecular flexibility index (Phi) is 5.52. The largest absolute Gasteiger partial charge is 0.361 e. The molecule has 1 fully saturated rings. The smallest absolute Gasteiger partial charge is 0.321 e. The lowest BCUT2D eigenvalue weighted by molar-refractivity contribution is -0.114. The summed E-state index contributed by atoms with van der Waals surface area (Å²) >= 11 is 0. The minimum atomic E-state index is -0.125. The van der Waals surface area contributed by atoms with Crippen molar-refractivity contribution in [3.05, 3.63) is 41.8 Å². The number of aryl methyl sites for hydroxylation is 1. The maximum absolute atomic E-state index is 12.4. The number of hydrogen-bond acceptors (Lipinski definition) is 5. The van der Waals surface area contributed by atoms with Gasteiger partial charge < -0.3 is 20.1 Å². The van der Waals surface area contributed by atoms with Crippen LogP contribution in [-0.2, 0) is 11.3 Å². The van der Waals surface area contributed by atoms with Crippen LogP contribution in [0.3, 0.4) is 0 Å². The Hall–Kier alpha value is -2.87. The molecular weight excluding hydrogens is 334 g/mol. The first-order chi connectivity index (χ1) is 12.5. The predicted molar refractivity (Wildman–Crippen MR) is 97.9 cm³/mol. The second-order valence-electron chi connectivity index (χ2n) is 6.38. The van der Waals surface area contributed by atoms with Gasteiger partial charge in [-0.15, -0.1) is 0 Å².